The zero-order valence-electron chi connectivity index (χ0n) is 19.1. The van der Waals surface area contributed by atoms with Crippen LogP contribution in [0.25, 0.3) is 0 Å². The number of nitrogens with one attached hydrogen (secondary N) is 1. The Balaban J connectivity index is 1.57. The summed E-state index contributed by atoms with van der Waals surface area (Å²) in [6.45, 7) is 12.6. The van der Waals surface area contributed by atoms with Crippen LogP contribution in [0.5, 0.6) is 5.75 Å². The molecule has 0 spiro atoms. The second-order valence-corrected chi connectivity index (χ2v) is 8.10. The van der Waals surface area contributed by atoms with Gasteiger partial charge in [-0.3, -0.25) is 9.69 Å². The first-order valence-corrected chi connectivity index (χ1v) is 11.5. The van der Waals surface area contributed by atoms with Crippen molar-refractivity contribution in [3.63, 3.8) is 0 Å². The van der Waals surface area contributed by atoms with Crippen molar-refractivity contribution in [3.8, 4) is 5.75 Å². The molecule has 2 aliphatic rings. The van der Waals surface area contributed by atoms with Crippen molar-refractivity contribution >= 4 is 11.9 Å². The molecular weight excluding hydrogens is 397 g/mol. The fourth-order valence-electron chi connectivity index (χ4n) is 4.19. The first kappa shape index (κ1) is 23.3. The first-order valence-electron chi connectivity index (χ1n) is 11.5. The lowest BCUT2D eigenvalue weighted by Gasteiger charge is -2.39. The fourth-order valence-corrected chi connectivity index (χ4v) is 4.19. The van der Waals surface area contributed by atoms with Gasteiger partial charge in [-0.2, -0.15) is 0 Å². The van der Waals surface area contributed by atoms with E-state index in [1.165, 1.54) is 6.07 Å². The van der Waals surface area contributed by atoms with Crippen LogP contribution in [0.4, 0.5) is 4.39 Å². The van der Waals surface area contributed by atoms with E-state index in [-0.39, 0.29) is 23.5 Å². The number of guanidine groups is 1. The van der Waals surface area contributed by atoms with Gasteiger partial charge in [0.2, 0.25) is 5.91 Å². The monoisotopic (exact) mass is 433 g/mol. The Kier molecular flexibility index (Phi) is 8.51. The number of carbonyl (C=O) groups excluding carboxylic acids is 1. The number of hydrogen-bond donors (Lipinski definition) is 1. The summed E-state index contributed by atoms with van der Waals surface area (Å²) < 4.78 is 19.4. The van der Waals surface area contributed by atoms with Gasteiger partial charge >= 0.3 is 0 Å². The summed E-state index contributed by atoms with van der Waals surface area (Å²) in [7, 11) is 0. The van der Waals surface area contributed by atoms with Crippen LogP contribution in [0.15, 0.2) is 23.2 Å². The second kappa shape index (κ2) is 11.3. The minimum absolute atomic E-state index is 0.0772. The molecule has 1 amide bonds. The van der Waals surface area contributed by atoms with Crippen molar-refractivity contribution in [1.82, 2.24) is 20.0 Å². The zero-order valence-corrected chi connectivity index (χ0v) is 19.1. The molecule has 0 saturated carbocycles. The molecular formula is C23H36FN5O2. The first-order chi connectivity index (χ1) is 15.0. The molecule has 1 unspecified atom stereocenters. The number of halogens is 1. The van der Waals surface area contributed by atoms with E-state index in [4.69, 9.17) is 9.73 Å². The van der Waals surface area contributed by atoms with Gasteiger partial charge in [0.1, 0.15) is 0 Å². The summed E-state index contributed by atoms with van der Waals surface area (Å²) >= 11 is 0. The van der Waals surface area contributed by atoms with Gasteiger partial charge in [-0.15, -0.1) is 0 Å². The lowest BCUT2D eigenvalue weighted by molar-refractivity contribution is -0.135. The van der Waals surface area contributed by atoms with Gasteiger partial charge in [0, 0.05) is 45.8 Å². The van der Waals surface area contributed by atoms with E-state index < -0.39 is 0 Å². The Bertz CT molecular complexity index is 758. The van der Waals surface area contributed by atoms with E-state index in [2.05, 4.69) is 15.1 Å². The summed E-state index contributed by atoms with van der Waals surface area (Å²) in [5, 5.41) is 3.34. The van der Waals surface area contributed by atoms with E-state index in [9.17, 15) is 9.18 Å². The molecule has 1 N–H and O–H groups in total. The standard InChI is InChI=1S/C23H36FN5O2/c1-4-25-23(26-17-19-8-9-21(31-5-2)20(24)16-19)29-14-12-27(13-15-29)18(3)22(30)28-10-6-7-11-28/h8-9,16,18H,4-7,10-15,17H2,1-3H3,(H,25,26). The van der Waals surface area contributed by atoms with Crippen LogP contribution < -0.4 is 10.1 Å². The third-order valence-electron chi connectivity index (χ3n) is 5.98. The van der Waals surface area contributed by atoms with Crippen LogP contribution >= 0.6 is 0 Å². The molecule has 1 atom stereocenters. The molecule has 3 rings (SSSR count). The van der Waals surface area contributed by atoms with Gasteiger partial charge < -0.3 is 19.9 Å². The Morgan fingerprint density at radius 3 is 2.45 bits per heavy atom. The average molecular weight is 434 g/mol. The number of rotatable bonds is 7. The van der Waals surface area contributed by atoms with E-state index in [1.807, 2.05) is 31.7 Å². The molecule has 2 saturated heterocycles. The van der Waals surface area contributed by atoms with Gasteiger partial charge in [0.15, 0.2) is 17.5 Å². The zero-order chi connectivity index (χ0) is 22.2. The Morgan fingerprint density at radius 2 is 1.84 bits per heavy atom. The average Bonchev–Trinajstić information content (AvgIpc) is 3.32. The molecule has 8 heteroatoms. The van der Waals surface area contributed by atoms with Crippen molar-refractivity contribution in [2.45, 2.75) is 46.2 Å². The normalized spacial score (nSPS) is 18.9. The summed E-state index contributed by atoms with van der Waals surface area (Å²) in [5.41, 5.74) is 0.805. The van der Waals surface area contributed by atoms with Crippen molar-refractivity contribution in [2.24, 2.45) is 4.99 Å². The molecule has 31 heavy (non-hydrogen) atoms. The molecule has 0 aliphatic carbocycles. The molecule has 1 aromatic rings. The van der Waals surface area contributed by atoms with E-state index in [0.29, 0.717) is 13.2 Å². The number of benzene rings is 1. The van der Waals surface area contributed by atoms with Crippen LogP contribution in [-0.4, -0.2) is 85.0 Å². The van der Waals surface area contributed by atoms with Gasteiger partial charge in [-0.05, 0) is 51.3 Å². The van der Waals surface area contributed by atoms with E-state index in [1.54, 1.807) is 6.07 Å². The van der Waals surface area contributed by atoms with Gasteiger partial charge in [0.05, 0.1) is 19.2 Å². The van der Waals surface area contributed by atoms with Crippen molar-refractivity contribution in [3.05, 3.63) is 29.6 Å². The smallest absolute Gasteiger partial charge is 0.239 e. The topological polar surface area (TPSA) is 60.4 Å². The highest BCUT2D eigenvalue weighted by Gasteiger charge is 2.30. The minimum Gasteiger partial charge on any atom is -0.491 e. The fraction of sp³-hybridized carbons (Fsp3) is 0.652. The molecule has 2 fully saturated rings. The summed E-state index contributed by atoms with van der Waals surface area (Å²) in [6, 6.07) is 4.92. The predicted octanol–water partition coefficient (Wildman–Crippen LogP) is 2.32. The number of ether oxygens (including phenoxy) is 1. The number of carbonyl (C=O) groups is 1. The van der Waals surface area contributed by atoms with Gasteiger partial charge in [0.25, 0.3) is 0 Å². The summed E-state index contributed by atoms with van der Waals surface area (Å²) in [4.78, 5) is 23.9. The lowest BCUT2D eigenvalue weighted by Crippen LogP contribution is -2.57. The number of nitrogens with zero attached hydrogens (tertiary/aromatic N) is 4. The molecule has 172 valence electrons. The lowest BCUT2D eigenvalue weighted by atomic mass is 10.2. The number of hydrogen-bond acceptors (Lipinski definition) is 4. The Labute approximate surface area is 185 Å². The van der Waals surface area contributed by atoms with Crippen molar-refractivity contribution < 1.29 is 13.9 Å². The maximum absolute atomic E-state index is 14.1. The maximum Gasteiger partial charge on any atom is 0.239 e. The van der Waals surface area contributed by atoms with Gasteiger partial charge in [-0.25, -0.2) is 9.38 Å². The van der Waals surface area contributed by atoms with Crippen LogP contribution in [0.2, 0.25) is 0 Å². The second-order valence-electron chi connectivity index (χ2n) is 8.10. The quantitative estimate of drug-likeness (QED) is 0.528. The molecule has 1 aromatic carbocycles. The third-order valence-corrected chi connectivity index (χ3v) is 5.98. The van der Waals surface area contributed by atoms with Crippen LogP contribution in [-0.2, 0) is 11.3 Å². The highest BCUT2D eigenvalue weighted by atomic mass is 19.1. The minimum atomic E-state index is -0.357. The molecule has 0 aromatic heterocycles. The Hall–Kier alpha value is -2.35. The highest BCUT2D eigenvalue weighted by Crippen LogP contribution is 2.19. The van der Waals surface area contributed by atoms with Gasteiger partial charge in [-0.1, -0.05) is 6.07 Å². The molecule has 7 nitrogen and oxygen atoms in total. The van der Waals surface area contributed by atoms with Crippen molar-refractivity contribution in [1.29, 1.82) is 0 Å². The molecule has 0 bridgehead atoms. The van der Waals surface area contributed by atoms with Crippen LogP contribution in [0.1, 0.15) is 39.2 Å². The van der Waals surface area contributed by atoms with E-state index >= 15 is 0 Å². The number of likely N-dealkylation sites (tertiary alicyclic amines) is 1. The van der Waals surface area contributed by atoms with Crippen molar-refractivity contribution in [2.75, 3.05) is 52.4 Å². The highest BCUT2D eigenvalue weighted by molar-refractivity contribution is 5.82. The molecule has 2 aliphatic heterocycles. The number of aliphatic imine (C=N–C) groups is 1. The predicted molar refractivity (Wildman–Crippen MR) is 121 cm³/mol. The summed E-state index contributed by atoms with van der Waals surface area (Å²) in [6.07, 6.45) is 2.24. The van der Waals surface area contributed by atoms with E-state index in [0.717, 1.165) is 70.2 Å². The Morgan fingerprint density at radius 1 is 1.13 bits per heavy atom. The maximum atomic E-state index is 14.1. The summed E-state index contributed by atoms with van der Waals surface area (Å²) in [5.74, 6) is 1.000. The molecule has 2 heterocycles. The van der Waals surface area contributed by atoms with Crippen LogP contribution in [0.3, 0.4) is 0 Å². The third kappa shape index (κ3) is 6.09. The van der Waals surface area contributed by atoms with Crippen LogP contribution in [0, 0.1) is 5.82 Å². The number of piperazine rings is 1. The molecule has 0 radical (unpaired) electrons. The SMILES string of the molecule is CCNC(=NCc1ccc(OCC)c(F)c1)N1CCN(C(C)C(=O)N2CCCC2)CC1. The number of amides is 1. The largest absolute Gasteiger partial charge is 0.491 e.